The Morgan fingerprint density at radius 3 is 2.33 bits per heavy atom. The Morgan fingerprint density at radius 1 is 1.15 bits per heavy atom. The van der Waals surface area contributed by atoms with E-state index in [1.54, 1.807) is 16.8 Å². The van der Waals surface area contributed by atoms with Crippen LogP contribution in [0.2, 0.25) is 10.2 Å². The molecular weight excluding hydrogens is 600 g/mol. The number of amides is 1. The van der Waals surface area contributed by atoms with Crippen LogP contribution in [0.5, 0.6) is 0 Å². The average molecular weight is 630 g/mol. The molecule has 2 aromatic heterocycles. The number of ether oxygens (including phenoxy) is 1. The van der Waals surface area contributed by atoms with Gasteiger partial charge in [-0.15, -0.1) is 0 Å². The molecule has 1 fully saturated rings. The van der Waals surface area contributed by atoms with Crippen LogP contribution in [0.25, 0.3) is 5.52 Å². The number of hydrogen-bond acceptors (Lipinski definition) is 5. The molecule has 1 amide bonds. The first-order valence-electron chi connectivity index (χ1n) is 12.7. The molecule has 5 rings (SSSR count). The first-order chi connectivity index (χ1) is 18.6. The number of imidazole rings is 1. The van der Waals surface area contributed by atoms with Crippen molar-refractivity contribution in [1.82, 2.24) is 19.3 Å². The number of carbonyl (C=O) groups is 1. The SMILES string of the molecule is CC(C)(C)[Si](OCC1COC(c2nc(Br)c3c(Cl)nccn23)CN1C(=O)O)(c1ccccc1)c1ccccc1. The summed E-state index contributed by atoms with van der Waals surface area (Å²) in [5, 5.41) is 12.6. The number of halogens is 2. The molecule has 11 heteroatoms. The van der Waals surface area contributed by atoms with Crippen LogP contribution in [-0.4, -0.2) is 64.6 Å². The standard InChI is InChI=1S/C28H30BrClN4O4Si/c1-28(2,3)39(20-10-6-4-7-11-20,21-12-8-5-9-13-21)38-18-19-17-37-22(16-34(19)27(35)36)26-32-24(29)23-25(30)31-14-15-33(23)26/h4-15,19,22H,16-18H2,1-3H3,(H,35,36). The van der Waals surface area contributed by atoms with E-state index in [0.29, 0.717) is 21.1 Å². The van der Waals surface area contributed by atoms with Crippen LogP contribution >= 0.6 is 27.5 Å². The summed E-state index contributed by atoms with van der Waals surface area (Å²) in [4.78, 5) is 22.6. The minimum absolute atomic E-state index is 0.107. The Kier molecular flexibility index (Phi) is 7.85. The normalized spacial score (nSPS) is 18.4. The van der Waals surface area contributed by atoms with Crippen molar-refractivity contribution in [3.8, 4) is 0 Å². The first kappa shape index (κ1) is 27.8. The van der Waals surface area contributed by atoms with Crippen LogP contribution < -0.4 is 10.4 Å². The molecule has 8 nitrogen and oxygen atoms in total. The van der Waals surface area contributed by atoms with E-state index in [1.165, 1.54) is 4.90 Å². The molecule has 0 spiro atoms. The molecule has 2 unspecified atom stereocenters. The number of morpholine rings is 1. The number of benzene rings is 2. The minimum atomic E-state index is -2.84. The summed E-state index contributed by atoms with van der Waals surface area (Å²) in [6.45, 7) is 7.07. The maximum Gasteiger partial charge on any atom is 0.407 e. The van der Waals surface area contributed by atoms with E-state index >= 15 is 0 Å². The van der Waals surface area contributed by atoms with E-state index in [4.69, 9.17) is 20.8 Å². The number of carboxylic acid groups (broad SMARTS) is 1. The van der Waals surface area contributed by atoms with Gasteiger partial charge in [0.25, 0.3) is 8.32 Å². The van der Waals surface area contributed by atoms with Crippen LogP contribution in [0.4, 0.5) is 4.79 Å². The lowest BCUT2D eigenvalue weighted by atomic mass is 10.2. The van der Waals surface area contributed by atoms with Gasteiger partial charge in [0.05, 0.1) is 25.8 Å². The smallest absolute Gasteiger partial charge is 0.407 e. The highest BCUT2D eigenvalue weighted by Gasteiger charge is 2.51. The zero-order valence-electron chi connectivity index (χ0n) is 21.9. The van der Waals surface area contributed by atoms with Gasteiger partial charge in [-0.3, -0.25) is 9.30 Å². The first-order valence-corrected chi connectivity index (χ1v) is 15.8. The summed E-state index contributed by atoms with van der Waals surface area (Å²) in [5.41, 5.74) is 0.608. The molecule has 1 saturated heterocycles. The monoisotopic (exact) mass is 628 g/mol. The maximum atomic E-state index is 12.5. The number of nitrogens with zero attached hydrogens (tertiary/aromatic N) is 4. The van der Waals surface area contributed by atoms with Crippen LogP contribution in [0.1, 0.15) is 32.7 Å². The van der Waals surface area contributed by atoms with Gasteiger partial charge < -0.3 is 14.3 Å². The van der Waals surface area contributed by atoms with E-state index in [2.05, 4.69) is 70.9 Å². The second-order valence-corrected chi connectivity index (χ2v) is 16.0. The second kappa shape index (κ2) is 11.0. The van der Waals surface area contributed by atoms with E-state index in [-0.39, 0.29) is 24.8 Å². The van der Waals surface area contributed by atoms with Crippen LogP contribution in [-0.2, 0) is 9.16 Å². The Hall–Kier alpha value is -2.76. The second-order valence-electron chi connectivity index (χ2n) is 10.6. The van der Waals surface area contributed by atoms with Gasteiger partial charge in [0.15, 0.2) is 5.15 Å². The molecule has 0 radical (unpaired) electrons. The Morgan fingerprint density at radius 2 is 1.77 bits per heavy atom. The molecule has 4 aromatic rings. The van der Waals surface area contributed by atoms with E-state index < -0.39 is 26.6 Å². The number of hydrogen-bond donors (Lipinski definition) is 1. The zero-order chi connectivity index (χ0) is 27.8. The van der Waals surface area contributed by atoms with Crippen molar-refractivity contribution in [3.05, 3.63) is 88.6 Å². The summed E-state index contributed by atoms with van der Waals surface area (Å²) < 4.78 is 15.6. The number of fused-ring (bicyclic) bond motifs is 1. The fraction of sp³-hybridized carbons (Fsp3) is 0.321. The molecule has 0 aliphatic carbocycles. The predicted molar refractivity (Wildman–Crippen MR) is 156 cm³/mol. The molecule has 204 valence electrons. The van der Waals surface area contributed by atoms with Crippen molar-refractivity contribution in [2.45, 2.75) is 38.0 Å². The molecule has 39 heavy (non-hydrogen) atoms. The maximum absolute atomic E-state index is 12.5. The largest absolute Gasteiger partial charge is 0.465 e. The molecule has 3 heterocycles. The quantitative estimate of drug-likeness (QED) is 0.297. The molecule has 1 aliphatic heterocycles. The average Bonchev–Trinajstić information content (AvgIpc) is 3.27. The topological polar surface area (TPSA) is 89.2 Å². The molecule has 2 aromatic carbocycles. The van der Waals surface area contributed by atoms with Gasteiger partial charge in [-0.25, -0.2) is 14.8 Å². The minimum Gasteiger partial charge on any atom is -0.465 e. The lowest BCUT2D eigenvalue weighted by Gasteiger charge is -2.45. The highest BCUT2D eigenvalue weighted by molar-refractivity contribution is 9.10. The molecule has 1 N–H and O–H groups in total. The molecule has 0 bridgehead atoms. The summed E-state index contributed by atoms with van der Waals surface area (Å²) >= 11 is 9.72. The van der Waals surface area contributed by atoms with Crippen molar-refractivity contribution in [3.63, 3.8) is 0 Å². The highest BCUT2D eigenvalue weighted by atomic mass is 79.9. The summed E-state index contributed by atoms with van der Waals surface area (Å²) in [6, 6.07) is 20.1. The van der Waals surface area contributed by atoms with Crippen molar-refractivity contribution in [2.24, 2.45) is 0 Å². The van der Waals surface area contributed by atoms with Crippen molar-refractivity contribution < 1.29 is 19.1 Å². The fourth-order valence-electron chi connectivity index (χ4n) is 5.42. The van der Waals surface area contributed by atoms with Gasteiger partial charge in [-0.2, -0.15) is 0 Å². The summed E-state index contributed by atoms with van der Waals surface area (Å²) in [7, 11) is -2.84. The van der Waals surface area contributed by atoms with E-state index in [0.717, 1.165) is 10.4 Å². The third-order valence-electron chi connectivity index (χ3n) is 7.23. The van der Waals surface area contributed by atoms with Gasteiger partial charge in [0.2, 0.25) is 0 Å². The number of aromatic nitrogens is 3. The Balaban J connectivity index is 1.45. The third-order valence-corrected chi connectivity index (χ3v) is 13.1. The van der Waals surface area contributed by atoms with Gasteiger partial charge in [-0.1, -0.05) is 93.0 Å². The molecule has 1 aliphatic rings. The van der Waals surface area contributed by atoms with Gasteiger partial charge >= 0.3 is 6.09 Å². The van der Waals surface area contributed by atoms with Crippen molar-refractivity contribution in [2.75, 3.05) is 19.8 Å². The van der Waals surface area contributed by atoms with Gasteiger partial charge in [0, 0.05) is 12.4 Å². The summed E-state index contributed by atoms with van der Waals surface area (Å²) in [6.07, 6.45) is 1.70. The van der Waals surface area contributed by atoms with Crippen molar-refractivity contribution in [1.29, 1.82) is 0 Å². The van der Waals surface area contributed by atoms with Gasteiger partial charge in [-0.05, 0) is 31.3 Å². The summed E-state index contributed by atoms with van der Waals surface area (Å²) in [5.74, 6) is 0.554. The fourth-order valence-corrected chi connectivity index (χ4v) is 10.9. The predicted octanol–water partition coefficient (Wildman–Crippen LogP) is 5.14. The molecule has 2 atom stereocenters. The van der Waals surface area contributed by atoms with E-state index in [1.807, 2.05) is 36.4 Å². The van der Waals surface area contributed by atoms with E-state index in [9.17, 15) is 9.90 Å². The third kappa shape index (κ3) is 5.11. The Labute approximate surface area is 241 Å². The molecular formula is C28H30BrClN4O4Si. The number of rotatable bonds is 6. The Bertz CT molecular complexity index is 1430. The van der Waals surface area contributed by atoms with Crippen LogP contribution in [0, 0.1) is 0 Å². The molecule has 0 saturated carbocycles. The van der Waals surface area contributed by atoms with Crippen LogP contribution in [0.3, 0.4) is 0 Å². The lowest BCUT2D eigenvalue weighted by molar-refractivity contribution is -0.0696. The lowest BCUT2D eigenvalue weighted by Crippen LogP contribution is -2.68. The zero-order valence-corrected chi connectivity index (χ0v) is 25.3. The van der Waals surface area contributed by atoms with Crippen molar-refractivity contribution >= 4 is 57.8 Å². The van der Waals surface area contributed by atoms with Gasteiger partial charge in [0.1, 0.15) is 22.0 Å². The highest BCUT2D eigenvalue weighted by Crippen LogP contribution is 2.37. The van der Waals surface area contributed by atoms with Crippen LogP contribution in [0.15, 0.2) is 77.7 Å².